The van der Waals surface area contributed by atoms with Crippen molar-refractivity contribution in [3.63, 3.8) is 0 Å². The standard InChI is InChI=1S/C15H12F6N2O2/c1-9-11(4-5-12(22-9)15(19,20)21)13(24)23(8-14(16,17)18)7-10-3-2-6-25-10/h2-6H,7-8H2,1H3. The summed E-state index contributed by atoms with van der Waals surface area (Å²) in [5.74, 6) is -0.984. The fourth-order valence-electron chi connectivity index (χ4n) is 2.12. The van der Waals surface area contributed by atoms with E-state index < -0.39 is 37.0 Å². The SMILES string of the molecule is Cc1nc(C(F)(F)F)ccc1C(=O)N(Cc1ccco1)CC(F)(F)F. The zero-order chi connectivity index (χ0) is 18.8. The van der Waals surface area contributed by atoms with E-state index in [0.29, 0.717) is 11.0 Å². The van der Waals surface area contributed by atoms with E-state index >= 15 is 0 Å². The van der Waals surface area contributed by atoms with Gasteiger partial charge in [-0.3, -0.25) is 4.79 Å². The molecule has 0 saturated heterocycles. The molecule has 10 heteroatoms. The Morgan fingerprint density at radius 2 is 1.84 bits per heavy atom. The van der Waals surface area contributed by atoms with Crippen LogP contribution in [0, 0.1) is 6.92 Å². The van der Waals surface area contributed by atoms with Gasteiger partial charge in [0.15, 0.2) is 0 Å². The van der Waals surface area contributed by atoms with E-state index in [9.17, 15) is 31.1 Å². The molecule has 4 nitrogen and oxygen atoms in total. The summed E-state index contributed by atoms with van der Waals surface area (Å²) < 4.78 is 81.0. The molecule has 0 unspecified atom stereocenters. The molecule has 2 aromatic heterocycles. The second kappa shape index (κ2) is 6.77. The summed E-state index contributed by atoms with van der Waals surface area (Å²) in [5, 5.41) is 0. The average molecular weight is 366 g/mol. The highest BCUT2D eigenvalue weighted by Crippen LogP contribution is 2.29. The number of carbonyl (C=O) groups excluding carboxylic acids is 1. The first kappa shape index (κ1) is 18.8. The second-order valence-corrected chi connectivity index (χ2v) is 5.18. The van der Waals surface area contributed by atoms with E-state index in [1.807, 2.05) is 0 Å². The van der Waals surface area contributed by atoms with Gasteiger partial charge in [-0.25, -0.2) is 4.98 Å². The fourth-order valence-corrected chi connectivity index (χ4v) is 2.12. The van der Waals surface area contributed by atoms with Crippen LogP contribution < -0.4 is 0 Å². The number of aryl methyl sites for hydroxylation is 1. The van der Waals surface area contributed by atoms with Crippen LogP contribution in [0.2, 0.25) is 0 Å². The molecule has 0 aliphatic carbocycles. The van der Waals surface area contributed by atoms with Gasteiger partial charge in [0, 0.05) is 0 Å². The fraction of sp³-hybridized carbons (Fsp3) is 0.333. The van der Waals surface area contributed by atoms with Crippen LogP contribution in [0.5, 0.6) is 0 Å². The lowest BCUT2D eigenvalue weighted by molar-refractivity contribution is -0.142. The van der Waals surface area contributed by atoms with Crippen LogP contribution in [0.1, 0.15) is 27.5 Å². The lowest BCUT2D eigenvalue weighted by Gasteiger charge is -2.23. The van der Waals surface area contributed by atoms with Crippen LogP contribution in [0.3, 0.4) is 0 Å². The molecule has 2 rings (SSSR count). The number of hydrogen-bond acceptors (Lipinski definition) is 3. The highest BCUT2D eigenvalue weighted by atomic mass is 19.4. The largest absolute Gasteiger partial charge is 0.467 e. The third kappa shape index (κ3) is 4.97. The highest BCUT2D eigenvalue weighted by Gasteiger charge is 2.36. The van der Waals surface area contributed by atoms with Crippen LogP contribution in [0.4, 0.5) is 26.3 Å². The number of rotatable bonds is 4. The summed E-state index contributed by atoms with van der Waals surface area (Å²) in [5.41, 5.74) is -1.88. The van der Waals surface area contributed by atoms with Crippen molar-refractivity contribution in [1.29, 1.82) is 0 Å². The molecule has 0 aliphatic rings. The molecule has 2 aromatic rings. The minimum Gasteiger partial charge on any atom is -0.467 e. The van der Waals surface area contributed by atoms with Crippen LogP contribution in [-0.4, -0.2) is 28.5 Å². The monoisotopic (exact) mass is 366 g/mol. The molecule has 25 heavy (non-hydrogen) atoms. The zero-order valence-corrected chi connectivity index (χ0v) is 12.8. The lowest BCUT2D eigenvalue weighted by atomic mass is 10.1. The molecule has 0 aromatic carbocycles. The number of nitrogens with zero attached hydrogens (tertiary/aromatic N) is 2. The van der Waals surface area contributed by atoms with Crippen molar-refractivity contribution in [2.75, 3.05) is 6.54 Å². The molecule has 136 valence electrons. The normalized spacial score (nSPS) is 12.3. The summed E-state index contributed by atoms with van der Waals surface area (Å²) in [7, 11) is 0. The Kier molecular flexibility index (Phi) is 5.09. The van der Waals surface area contributed by atoms with Crippen LogP contribution in [0.15, 0.2) is 34.9 Å². The summed E-state index contributed by atoms with van der Waals surface area (Å²) in [6.45, 7) is -0.931. The Balaban J connectivity index is 2.32. The number of pyridine rings is 1. The molecule has 0 atom stereocenters. The number of alkyl halides is 6. The Hall–Kier alpha value is -2.52. The van der Waals surface area contributed by atoms with Gasteiger partial charge in [-0.1, -0.05) is 0 Å². The van der Waals surface area contributed by atoms with Gasteiger partial charge in [0.05, 0.1) is 24.1 Å². The van der Waals surface area contributed by atoms with Gasteiger partial charge < -0.3 is 9.32 Å². The Bertz CT molecular complexity index is 737. The van der Waals surface area contributed by atoms with Crippen LogP contribution >= 0.6 is 0 Å². The van der Waals surface area contributed by atoms with E-state index in [4.69, 9.17) is 4.42 Å². The van der Waals surface area contributed by atoms with E-state index in [1.165, 1.54) is 18.4 Å². The Morgan fingerprint density at radius 1 is 1.16 bits per heavy atom. The Morgan fingerprint density at radius 3 is 2.32 bits per heavy atom. The maximum atomic E-state index is 12.7. The number of aromatic nitrogens is 1. The molecule has 2 heterocycles. The summed E-state index contributed by atoms with van der Waals surface area (Å²) in [6.07, 6.45) is -8.17. The van der Waals surface area contributed by atoms with Crippen LogP contribution in [0.25, 0.3) is 0 Å². The molecule has 0 fully saturated rings. The van der Waals surface area contributed by atoms with E-state index in [0.717, 1.165) is 13.0 Å². The van der Waals surface area contributed by atoms with E-state index in [-0.39, 0.29) is 17.0 Å². The molecule has 0 radical (unpaired) electrons. The van der Waals surface area contributed by atoms with Crippen molar-refractivity contribution in [2.24, 2.45) is 0 Å². The van der Waals surface area contributed by atoms with Crippen LogP contribution in [-0.2, 0) is 12.7 Å². The molecule has 0 saturated carbocycles. The smallest absolute Gasteiger partial charge is 0.433 e. The quantitative estimate of drug-likeness (QED) is 0.762. The van der Waals surface area contributed by atoms with Gasteiger partial charge in [0.1, 0.15) is 18.0 Å². The maximum Gasteiger partial charge on any atom is 0.433 e. The average Bonchev–Trinajstić information content (AvgIpc) is 2.96. The summed E-state index contributed by atoms with van der Waals surface area (Å²) in [6, 6.07) is 4.20. The maximum absolute atomic E-state index is 12.7. The summed E-state index contributed by atoms with van der Waals surface area (Å²) >= 11 is 0. The first-order valence-electron chi connectivity index (χ1n) is 6.90. The van der Waals surface area contributed by atoms with E-state index in [2.05, 4.69) is 4.98 Å². The molecule has 1 amide bonds. The topological polar surface area (TPSA) is 46.3 Å². The van der Waals surface area contributed by atoms with Crippen molar-refractivity contribution in [2.45, 2.75) is 25.8 Å². The third-order valence-corrected chi connectivity index (χ3v) is 3.19. The molecule has 0 spiro atoms. The van der Waals surface area contributed by atoms with Gasteiger partial charge in [-0.05, 0) is 31.2 Å². The number of halogens is 6. The molecular weight excluding hydrogens is 354 g/mol. The van der Waals surface area contributed by atoms with E-state index in [1.54, 1.807) is 0 Å². The van der Waals surface area contributed by atoms with Gasteiger partial charge in [-0.15, -0.1) is 0 Å². The molecule has 0 bridgehead atoms. The highest BCUT2D eigenvalue weighted by molar-refractivity contribution is 5.95. The first-order valence-corrected chi connectivity index (χ1v) is 6.90. The minimum atomic E-state index is -4.72. The molecule has 0 aliphatic heterocycles. The molecular formula is C15H12F6N2O2. The first-order chi connectivity index (χ1) is 11.5. The van der Waals surface area contributed by atoms with Crippen molar-refractivity contribution in [3.05, 3.63) is 53.2 Å². The minimum absolute atomic E-state index is 0.107. The van der Waals surface area contributed by atoms with Crippen molar-refractivity contribution in [3.8, 4) is 0 Å². The second-order valence-electron chi connectivity index (χ2n) is 5.18. The van der Waals surface area contributed by atoms with Crippen molar-refractivity contribution in [1.82, 2.24) is 9.88 Å². The number of amides is 1. The third-order valence-electron chi connectivity index (χ3n) is 3.19. The number of hydrogen-bond donors (Lipinski definition) is 0. The van der Waals surface area contributed by atoms with Gasteiger partial charge in [0.25, 0.3) is 5.91 Å². The van der Waals surface area contributed by atoms with Gasteiger partial charge >= 0.3 is 12.4 Å². The van der Waals surface area contributed by atoms with Gasteiger partial charge in [-0.2, -0.15) is 26.3 Å². The van der Waals surface area contributed by atoms with Crippen molar-refractivity contribution < 1.29 is 35.6 Å². The number of carbonyl (C=O) groups is 1. The zero-order valence-electron chi connectivity index (χ0n) is 12.8. The molecule has 0 N–H and O–H groups in total. The summed E-state index contributed by atoms with van der Waals surface area (Å²) in [4.78, 5) is 16.1. The van der Waals surface area contributed by atoms with Gasteiger partial charge in [0.2, 0.25) is 0 Å². The lowest BCUT2D eigenvalue weighted by Crippen LogP contribution is -2.38. The van der Waals surface area contributed by atoms with Crippen molar-refractivity contribution >= 4 is 5.91 Å². The predicted molar refractivity (Wildman–Crippen MR) is 73.5 cm³/mol. The number of furan rings is 1. The Labute approximate surface area is 138 Å². The predicted octanol–water partition coefficient (Wildman–Crippen LogP) is 4.21.